The van der Waals surface area contributed by atoms with Gasteiger partial charge in [-0.05, 0) is 25.3 Å². The van der Waals surface area contributed by atoms with Crippen molar-refractivity contribution in [2.75, 3.05) is 19.8 Å². The van der Waals surface area contributed by atoms with E-state index in [1.165, 1.54) is 0 Å². The van der Waals surface area contributed by atoms with Crippen molar-refractivity contribution in [3.8, 4) is 0 Å². The number of morpholine rings is 1. The molecule has 0 aromatic carbocycles. The zero-order chi connectivity index (χ0) is 13.0. The van der Waals surface area contributed by atoms with E-state index in [1.54, 1.807) is 0 Å². The highest BCUT2D eigenvalue weighted by Crippen LogP contribution is 2.09. The molecule has 1 aliphatic heterocycles. The van der Waals surface area contributed by atoms with Crippen LogP contribution in [0, 0.1) is 12.8 Å². The van der Waals surface area contributed by atoms with Crippen molar-refractivity contribution in [3.63, 3.8) is 0 Å². The SMILES string of the molecule is Cc1cc(CC(C)C)nc(CC2COCCN2)n1. The maximum atomic E-state index is 5.46. The lowest BCUT2D eigenvalue weighted by molar-refractivity contribution is 0.0763. The normalized spacial score (nSPS) is 20.3. The molecule has 0 aliphatic carbocycles. The lowest BCUT2D eigenvalue weighted by Crippen LogP contribution is -2.42. The smallest absolute Gasteiger partial charge is 0.130 e. The first-order valence-electron chi connectivity index (χ1n) is 6.78. The second-order valence-electron chi connectivity index (χ2n) is 5.44. The molecule has 0 radical (unpaired) electrons. The highest BCUT2D eigenvalue weighted by atomic mass is 16.5. The number of aromatic nitrogens is 2. The summed E-state index contributed by atoms with van der Waals surface area (Å²) in [5, 5.41) is 3.44. The van der Waals surface area contributed by atoms with E-state index in [-0.39, 0.29) is 0 Å². The minimum Gasteiger partial charge on any atom is -0.379 e. The molecule has 1 atom stereocenters. The van der Waals surface area contributed by atoms with Crippen LogP contribution in [0.15, 0.2) is 6.07 Å². The third kappa shape index (κ3) is 4.03. The van der Waals surface area contributed by atoms with Crippen LogP contribution in [0.4, 0.5) is 0 Å². The summed E-state index contributed by atoms with van der Waals surface area (Å²) in [6.45, 7) is 8.97. The van der Waals surface area contributed by atoms with Crippen LogP contribution in [0.1, 0.15) is 31.1 Å². The van der Waals surface area contributed by atoms with E-state index in [2.05, 4.69) is 35.2 Å². The Bertz CT molecular complexity index is 387. The Hall–Kier alpha value is -1.00. The molecule has 0 spiro atoms. The van der Waals surface area contributed by atoms with Gasteiger partial charge in [-0.15, -0.1) is 0 Å². The Morgan fingerprint density at radius 1 is 1.44 bits per heavy atom. The van der Waals surface area contributed by atoms with Crippen LogP contribution in [-0.4, -0.2) is 35.8 Å². The fourth-order valence-corrected chi connectivity index (χ4v) is 2.29. The van der Waals surface area contributed by atoms with Crippen LogP contribution < -0.4 is 5.32 Å². The van der Waals surface area contributed by atoms with Crippen LogP contribution >= 0.6 is 0 Å². The maximum absolute atomic E-state index is 5.46. The molecule has 0 saturated carbocycles. The fraction of sp³-hybridized carbons (Fsp3) is 0.714. The summed E-state index contributed by atoms with van der Waals surface area (Å²) in [7, 11) is 0. The predicted molar refractivity (Wildman–Crippen MR) is 71.6 cm³/mol. The van der Waals surface area contributed by atoms with E-state index in [4.69, 9.17) is 4.74 Å². The van der Waals surface area contributed by atoms with Crippen molar-refractivity contribution in [1.29, 1.82) is 0 Å². The van der Waals surface area contributed by atoms with E-state index in [0.717, 1.165) is 49.8 Å². The standard InChI is InChI=1S/C14H23N3O/c1-10(2)6-12-7-11(3)16-14(17-12)8-13-9-18-5-4-15-13/h7,10,13,15H,4-6,8-9H2,1-3H3. The molecule has 1 saturated heterocycles. The summed E-state index contributed by atoms with van der Waals surface area (Å²) in [5.74, 6) is 1.57. The van der Waals surface area contributed by atoms with Gasteiger partial charge in [0.25, 0.3) is 0 Å². The summed E-state index contributed by atoms with van der Waals surface area (Å²) >= 11 is 0. The fourth-order valence-electron chi connectivity index (χ4n) is 2.29. The van der Waals surface area contributed by atoms with Crippen molar-refractivity contribution in [2.45, 2.75) is 39.7 Å². The Morgan fingerprint density at radius 2 is 2.28 bits per heavy atom. The van der Waals surface area contributed by atoms with Crippen LogP contribution in [0.2, 0.25) is 0 Å². The summed E-state index contributed by atoms with van der Waals surface area (Å²) in [4.78, 5) is 9.19. The molecule has 2 heterocycles. The van der Waals surface area contributed by atoms with E-state index < -0.39 is 0 Å². The van der Waals surface area contributed by atoms with Gasteiger partial charge in [-0.2, -0.15) is 0 Å². The van der Waals surface area contributed by atoms with Gasteiger partial charge in [0, 0.05) is 30.4 Å². The molecule has 1 N–H and O–H groups in total. The molecule has 100 valence electrons. The van der Waals surface area contributed by atoms with Gasteiger partial charge in [-0.25, -0.2) is 9.97 Å². The Kier molecular flexibility index (Phi) is 4.66. The predicted octanol–water partition coefficient (Wildman–Crippen LogP) is 1.51. The monoisotopic (exact) mass is 249 g/mol. The highest BCUT2D eigenvalue weighted by molar-refractivity contribution is 5.11. The number of hydrogen-bond acceptors (Lipinski definition) is 4. The second kappa shape index (κ2) is 6.25. The first-order chi connectivity index (χ1) is 8.63. The number of rotatable bonds is 4. The Morgan fingerprint density at radius 3 is 2.94 bits per heavy atom. The highest BCUT2D eigenvalue weighted by Gasteiger charge is 2.15. The molecule has 1 aromatic heterocycles. The van der Waals surface area contributed by atoms with Crippen molar-refractivity contribution >= 4 is 0 Å². The van der Waals surface area contributed by atoms with Crippen molar-refractivity contribution in [1.82, 2.24) is 15.3 Å². The van der Waals surface area contributed by atoms with Crippen molar-refractivity contribution in [2.24, 2.45) is 5.92 Å². The van der Waals surface area contributed by atoms with Crippen LogP contribution in [-0.2, 0) is 17.6 Å². The molecule has 4 nitrogen and oxygen atoms in total. The van der Waals surface area contributed by atoms with Crippen molar-refractivity contribution in [3.05, 3.63) is 23.3 Å². The van der Waals surface area contributed by atoms with E-state index in [9.17, 15) is 0 Å². The van der Waals surface area contributed by atoms with Gasteiger partial charge in [-0.1, -0.05) is 13.8 Å². The summed E-state index contributed by atoms with van der Waals surface area (Å²) in [5.41, 5.74) is 2.22. The van der Waals surface area contributed by atoms with Gasteiger partial charge in [-0.3, -0.25) is 0 Å². The third-order valence-corrected chi connectivity index (χ3v) is 3.00. The van der Waals surface area contributed by atoms with Crippen molar-refractivity contribution < 1.29 is 4.74 Å². The average molecular weight is 249 g/mol. The van der Waals surface area contributed by atoms with Gasteiger partial charge in [0.05, 0.1) is 13.2 Å². The topological polar surface area (TPSA) is 47.0 Å². The van der Waals surface area contributed by atoms with Gasteiger partial charge < -0.3 is 10.1 Å². The zero-order valence-electron chi connectivity index (χ0n) is 11.6. The molecule has 1 aromatic rings. The first-order valence-corrected chi connectivity index (χ1v) is 6.78. The Balaban J connectivity index is 2.04. The van der Waals surface area contributed by atoms with Gasteiger partial charge in [0.1, 0.15) is 5.82 Å². The molecular weight excluding hydrogens is 226 g/mol. The zero-order valence-corrected chi connectivity index (χ0v) is 11.6. The van der Waals surface area contributed by atoms with Crippen LogP contribution in [0.3, 0.4) is 0 Å². The Labute approximate surface area is 109 Å². The number of hydrogen-bond donors (Lipinski definition) is 1. The molecule has 1 fully saturated rings. The van der Waals surface area contributed by atoms with Gasteiger partial charge in [0.15, 0.2) is 0 Å². The first kappa shape index (κ1) is 13.4. The number of nitrogens with zero attached hydrogens (tertiary/aromatic N) is 2. The summed E-state index contributed by atoms with van der Waals surface area (Å²) in [6, 6.07) is 2.45. The minimum atomic E-state index is 0.354. The molecule has 0 bridgehead atoms. The lowest BCUT2D eigenvalue weighted by atomic mass is 10.1. The largest absolute Gasteiger partial charge is 0.379 e. The van der Waals surface area contributed by atoms with Gasteiger partial charge in [0.2, 0.25) is 0 Å². The number of nitrogens with one attached hydrogen (secondary N) is 1. The molecule has 4 heteroatoms. The maximum Gasteiger partial charge on any atom is 0.130 e. The van der Waals surface area contributed by atoms with E-state index in [1.807, 2.05) is 6.92 Å². The summed E-state index contributed by atoms with van der Waals surface area (Å²) < 4.78 is 5.46. The number of ether oxygens (including phenoxy) is 1. The average Bonchev–Trinajstić information content (AvgIpc) is 2.28. The quantitative estimate of drug-likeness (QED) is 0.879. The van der Waals surface area contributed by atoms with Crippen LogP contribution in [0.25, 0.3) is 0 Å². The minimum absolute atomic E-state index is 0.354. The lowest BCUT2D eigenvalue weighted by Gasteiger charge is -2.23. The third-order valence-electron chi connectivity index (χ3n) is 3.00. The molecule has 2 rings (SSSR count). The van der Waals surface area contributed by atoms with Gasteiger partial charge >= 0.3 is 0 Å². The molecule has 1 aliphatic rings. The second-order valence-corrected chi connectivity index (χ2v) is 5.44. The van der Waals surface area contributed by atoms with E-state index >= 15 is 0 Å². The molecule has 0 amide bonds. The summed E-state index contributed by atoms with van der Waals surface area (Å²) in [6.07, 6.45) is 1.87. The molecule has 18 heavy (non-hydrogen) atoms. The van der Waals surface area contributed by atoms with E-state index in [0.29, 0.717) is 12.0 Å². The number of aryl methyl sites for hydroxylation is 1. The molecular formula is C14H23N3O. The van der Waals surface area contributed by atoms with Crippen LogP contribution in [0.5, 0.6) is 0 Å². The molecule has 1 unspecified atom stereocenters.